The van der Waals surface area contributed by atoms with Crippen LogP contribution < -0.4 is 16.0 Å². The second kappa shape index (κ2) is 12.2. The predicted octanol–water partition coefficient (Wildman–Crippen LogP) is 4.59. The number of amides is 2. The largest absolute Gasteiger partial charge is 0.340 e. The van der Waals surface area contributed by atoms with E-state index in [1.54, 1.807) is 48.8 Å². The molecule has 9 heteroatoms. The van der Waals surface area contributed by atoms with Crippen LogP contribution in [0.3, 0.4) is 0 Å². The Labute approximate surface area is 215 Å². The summed E-state index contributed by atoms with van der Waals surface area (Å²) in [7, 11) is 3.85. The highest BCUT2D eigenvalue weighted by Gasteiger charge is 2.08. The van der Waals surface area contributed by atoms with Gasteiger partial charge in [0, 0.05) is 59.3 Å². The number of carbonyl (C=O) groups excluding carboxylic acids is 2. The van der Waals surface area contributed by atoms with E-state index in [-0.39, 0.29) is 11.8 Å². The summed E-state index contributed by atoms with van der Waals surface area (Å²) in [6, 6.07) is 19.7. The molecule has 0 aliphatic heterocycles. The summed E-state index contributed by atoms with van der Waals surface area (Å²) < 4.78 is 0. The van der Waals surface area contributed by atoms with E-state index < -0.39 is 0 Å². The zero-order valence-corrected chi connectivity index (χ0v) is 20.6. The maximum absolute atomic E-state index is 12.8. The molecule has 2 aromatic carbocycles. The molecule has 2 amide bonds. The molecule has 0 aliphatic carbocycles. The summed E-state index contributed by atoms with van der Waals surface area (Å²) in [5.74, 6) is 0.141. The summed E-state index contributed by atoms with van der Waals surface area (Å²) in [5, 5.41) is 8.92. The van der Waals surface area contributed by atoms with Crippen LogP contribution in [0.4, 0.5) is 22.9 Å². The van der Waals surface area contributed by atoms with Gasteiger partial charge in [-0.05, 0) is 68.7 Å². The molecule has 4 rings (SSSR count). The first-order valence-electron chi connectivity index (χ1n) is 11.6. The van der Waals surface area contributed by atoms with Crippen molar-refractivity contribution in [2.75, 3.05) is 36.6 Å². The van der Waals surface area contributed by atoms with Gasteiger partial charge in [0.25, 0.3) is 5.91 Å². The standard InChI is InChI=1S/C28H27N7O2/c1-35(2)16-4-7-27(36)33-22-10-8-21(9-11-22)28(37)34-24-6-3-5-23(17-24)32-26-18-25(30-19-31-26)20-12-14-29-15-13-20/h3-15,17-19H,16H2,1-2H3,(H,33,36)(H,34,37)(H,30,31,32). The monoisotopic (exact) mass is 493 g/mol. The molecular formula is C28H27N7O2. The second-order valence-corrected chi connectivity index (χ2v) is 8.42. The van der Waals surface area contributed by atoms with E-state index in [1.165, 1.54) is 12.4 Å². The number of pyridine rings is 1. The molecular weight excluding hydrogens is 466 g/mol. The number of rotatable bonds is 9. The average molecular weight is 494 g/mol. The smallest absolute Gasteiger partial charge is 0.255 e. The number of hydrogen-bond donors (Lipinski definition) is 3. The van der Waals surface area contributed by atoms with E-state index in [0.717, 1.165) is 16.9 Å². The number of carbonyl (C=O) groups is 2. The number of aromatic nitrogens is 3. The van der Waals surface area contributed by atoms with Gasteiger partial charge in [0.2, 0.25) is 5.91 Å². The average Bonchev–Trinajstić information content (AvgIpc) is 2.90. The first-order chi connectivity index (χ1) is 18.0. The molecule has 0 radical (unpaired) electrons. The van der Waals surface area contributed by atoms with Crippen molar-refractivity contribution in [3.05, 3.63) is 103 Å². The van der Waals surface area contributed by atoms with Crippen LogP contribution >= 0.6 is 0 Å². The molecule has 0 saturated heterocycles. The molecule has 2 aromatic heterocycles. The maximum Gasteiger partial charge on any atom is 0.255 e. The minimum absolute atomic E-state index is 0.222. The van der Waals surface area contributed by atoms with Gasteiger partial charge in [0.1, 0.15) is 12.1 Å². The van der Waals surface area contributed by atoms with Gasteiger partial charge in [-0.15, -0.1) is 0 Å². The van der Waals surface area contributed by atoms with Crippen molar-refractivity contribution in [1.82, 2.24) is 19.9 Å². The van der Waals surface area contributed by atoms with Crippen LogP contribution in [0.1, 0.15) is 10.4 Å². The molecule has 0 saturated carbocycles. The van der Waals surface area contributed by atoms with Crippen molar-refractivity contribution >= 4 is 34.7 Å². The number of benzene rings is 2. The number of anilines is 4. The molecule has 9 nitrogen and oxygen atoms in total. The fraction of sp³-hybridized carbons (Fsp3) is 0.107. The lowest BCUT2D eigenvalue weighted by Gasteiger charge is -2.10. The highest BCUT2D eigenvalue weighted by Crippen LogP contribution is 2.23. The number of nitrogens with one attached hydrogen (secondary N) is 3. The zero-order chi connectivity index (χ0) is 26.0. The first-order valence-corrected chi connectivity index (χ1v) is 11.6. The SMILES string of the molecule is CN(C)CC=CC(=O)Nc1ccc(C(=O)Nc2cccc(Nc3cc(-c4ccncc4)ncn3)c2)cc1. The van der Waals surface area contributed by atoms with Crippen LogP contribution in [0.2, 0.25) is 0 Å². The van der Waals surface area contributed by atoms with Crippen molar-refractivity contribution < 1.29 is 9.59 Å². The molecule has 0 atom stereocenters. The van der Waals surface area contributed by atoms with Gasteiger partial charge in [0.05, 0.1) is 5.69 Å². The number of nitrogens with zero attached hydrogens (tertiary/aromatic N) is 4. The maximum atomic E-state index is 12.8. The molecule has 0 fully saturated rings. The van der Waals surface area contributed by atoms with E-state index in [2.05, 4.69) is 30.9 Å². The van der Waals surface area contributed by atoms with Crippen LogP contribution in [-0.4, -0.2) is 52.3 Å². The van der Waals surface area contributed by atoms with Crippen LogP contribution in [0.15, 0.2) is 97.6 Å². The van der Waals surface area contributed by atoms with Crippen molar-refractivity contribution in [3.63, 3.8) is 0 Å². The zero-order valence-electron chi connectivity index (χ0n) is 20.6. The minimum Gasteiger partial charge on any atom is -0.340 e. The van der Waals surface area contributed by atoms with Gasteiger partial charge < -0.3 is 20.9 Å². The Morgan fingerprint density at radius 1 is 0.865 bits per heavy atom. The number of hydrogen-bond acceptors (Lipinski definition) is 7. The summed E-state index contributed by atoms with van der Waals surface area (Å²) in [5.41, 5.74) is 4.18. The molecule has 3 N–H and O–H groups in total. The van der Waals surface area contributed by atoms with E-state index >= 15 is 0 Å². The quantitative estimate of drug-likeness (QED) is 0.292. The molecule has 37 heavy (non-hydrogen) atoms. The van der Waals surface area contributed by atoms with Crippen molar-refractivity contribution in [2.24, 2.45) is 0 Å². The lowest BCUT2D eigenvalue weighted by molar-refractivity contribution is -0.111. The third kappa shape index (κ3) is 7.55. The molecule has 0 aliphatic rings. The van der Waals surface area contributed by atoms with Crippen molar-refractivity contribution in [2.45, 2.75) is 0 Å². The third-order valence-electron chi connectivity index (χ3n) is 5.19. The molecule has 2 heterocycles. The molecule has 186 valence electrons. The first kappa shape index (κ1) is 25.2. The fourth-order valence-corrected chi connectivity index (χ4v) is 3.39. The van der Waals surface area contributed by atoms with Gasteiger partial charge >= 0.3 is 0 Å². The third-order valence-corrected chi connectivity index (χ3v) is 5.19. The van der Waals surface area contributed by atoms with Gasteiger partial charge in [0.15, 0.2) is 0 Å². The van der Waals surface area contributed by atoms with Gasteiger partial charge in [-0.2, -0.15) is 0 Å². The topological polar surface area (TPSA) is 112 Å². The highest BCUT2D eigenvalue weighted by molar-refractivity contribution is 6.05. The van der Waals surface area contributed by atoms with Crippen LogP contribution in [0, 0.1) is 0 Å². The lowest BCUT2D eigenvalue weighted by atomic mass is 10.2. The fourth-order valence-electron chi connectivity index (χ4n) is 3.39. The van der Waals surface area contributed by atoms with Gasteiger partial charge in [-0.25, -0.2) is 9.97 Å². The normalized spacial score (nSPS) is 10.9. The predicted molar refractivity (Wildman–Crippen MR) is 146 cm³/mol. The van der Waals surface area contributed by atoms with Crippen LogP contribution in [-0.2, 0) is 4.79 Å². The summed E-state index contributed by atoms with van der Waals surface area (Å²) in [6.45, 7) is 0.676. The summed E-state index contributed by atoms with van der Waals surface area (Å²) in [6.07, 6.45) is 8.19. The van der Waals surface area contributed by atoms with Crippen LogP contribution in [0.5, 0.6) is 0 Å². The van der Waals surface area contributed by atoms with Crippen molar-refractivity contribution in [3.8, 4) is 11.3 Å². The number of likely N-dealkylation sites (N-methyl/N-ethyl adjacent to an activating group) is 1. The van der Waals surface area contributed by atoms with E-state index in [0.29, 0.717) is 29.3 Å². The highest BCUT2D eigenvalue weighted by atomic mass is 16.2. The Kier molecular flexibility index (Phi) is 8.30. The Hall–Kier alpha value is -4.89. The minimum atomic E-state index is -0.261. The van der Waals surface area contributed by atoms with E-state index in [1.807, 2.05) is 55.4 Å². The Bertz CT molecular complexity index is 1390. The molecule has 0 unspecified atom stereocenters. The molecule has 0 spiro atoms. The van der Waals surface area contributed by atoms with Crippen LogP contribution in [0.25, 0.3) is 11.3 Å². The Morgan fingerprint density at radius 3 is 2.38 bits per heavy atom. The lowest BCUT2D eigenvalue weighted by Crippen LogP contribution is -2.13. The van der Waals surface area contributed by atoms with E-state index in [4.69, 9.17) is 0 Å². The summed E-state index contributed by atoms with van der Waals surface area (Å²) >= 11 is 0. The van der Waals surface area contributed by atoms with Gasteiger partial charge in [-0.1, -0.05) is 12.1 Å². The van der Waals surface area contributed by atoms with Gasteiger partial charge in [-0.3, -0.25) is 14.6 Å². The van der Waals surface area contributed by atoms with Crippen molar-refractivity contribution in [1.29, 1.82) is 0 Å². The Balaban J connectivity index is 1.36. The summed E-state index contributed by atoms with van der Waals surface area (Å²) in [4.78, 5) is 39.4. The van der Waals surface area contributed by atoms with E-state index in [9.17, 15) is 9.59 Å². The second-order valence-electron chi connectivity index (χ2n) is 8.42. The molecule has 4 aromatic rings. The Morgan fingerprint density at radius 2 is 1.62 bits per heavy atom. The molecule has 0 bridgehead atoms.